The second-order valence-corrected chi connectivity index (χ2v) is 13.5. The van der Waals surface area contributed by atoms with Gasteiger partial charge in [0.1, 0.15) is 11.6 Å². The van der Waals surface area contributed by atoms with Crippen LogP contribution in [0.15, 0.2) is 95.9 Å². The molecule has 4 aromatic rings. The highest BCUT2D eigenvalue weighted by Crippen LogP contribution is 2.31. The molecular formula is C34H35ClF2N4O3S. The van der Waals surface area contributed by atoms with Crippen molar-refractivity contribution in [3.05, 3.63) is 130 Å². The smallest absolute Gasteiger partial charge is 0.243 e. The third kappa shape index (κ3) is 7.59. The number of aryl methyl sites for hydroxylation is 1. The molecule has 0 aliphatic carbocycles. The van der Waals surface area contributed by atoms with Crippen molar-refractivity contribution in [1.29, 1.82) is 0 Å². The average molecular weight is 653 g/mol. The summed E-state index contributed by atoms with van der Waals surface area (Å²) >= 11 is 6.10. The van der Waals surface area contributed by atoms with Crippen molar-refractivity contribution in [3.63, 3.8) is 0 Å². The Morgan fingerprint density at radius 3 is 2.47 bits per heavy atom. The number of nitrogens with one attached hydrogen (secondary N) is 2. The van der Waals surface area contributed by atoms with Crippen LogP contribution in [-0.2, 0) is 21.2 Å². The monoisotopic (exact) mass is 652 g/mol. The predicted molar refractivity (Wildman–Crippen MR) is 173 cm³/mol. The summed E-state index contributed by atoms with van der Waals surface area (Å²) < 4.78 is 58.1. The zero-order valence-electron chi connectivity index (χ0n) is 24.7. The maximum atomic E-state index is 15.3. The van der Waals surface area contributed by atoms with Gasteiger partial charge in [-0.05, 0) is 85.0 Å². The lowest BCUT2D eigenvalue weighted by atomic mass is 9.84. The van der Waals surface area contributed by atoms with Crippen LogP contribution < -0.4 is 16.4 Å². The van der Waals surface area contributed by atoms with Crippen LogP contribution in [0.3, 0.4) is 0 Å². The molecule has 11 heteroatoms. The van der Waals surface area contributed by atoms with E-state index >= 15 is 4.39 Å². The summed E-state index contributed by atoms with van der Waals surface area (Å²) in [5.41, 5.74) is 8.90. The zero-order valence-corrected chi connectivity index (χ0v) is 26.3. The highest BCUT2D eigenvalue weighted by Gasteiger charge is 2.34. The number of nitrogens with two attached hydrogens (primary N) is 1. The fourth-order valence-corrected chi connectivity index (χ4v) is 7.66. The number of piperazine rings is 1. The molecule has 45 heavy (non-hydrogen) atoms. The molecule has 0 spiro atoms. The third-order valence-electron chi connectivity index (χ3n) is 8.06. The summed E-state index contributed by atoms with van der Waals surface area (Å²) in [7, 11) is -3.76. The van der Waals surface area contributed by atoms with Crippen LogP contribution in [0, 0.1) is 18.6 Å². The van der Waals surface area contributed by atoms with Gasteiger partial charge < -0.3 is 16.4 Å². The van der Waals surface area contributed by atoms with E-state index in [1.54, 1.807) is 73.7 Å². The van der Waals surface area contributed by atoms with Crippen LogP contribution in [-0.4, -0.2) is 50.3 Å². The molecule has 1 heterocycles. The van der Waals surface area contributed by atoms with E-state index in [-0.39, 0.29) is 29.1 Å². The number of hydrogen-bond acceptors (Lipinski definition) is 5. The second-order valence-electron chi connectivity index (χ2n) is 11.2. The molecule has 236 valence electrons. The summed E-state index contributed by atoms with van der Waals surface area (Å²) in [4.78, 5) is 13.9. The molecule has 0 radical (unpaired) electrons. The fraction of sp³-hybridized carbons (Fsp3) is 0.265. The molecule has 4 aromatic carbocycles. The lowest BCUT2D eigenvalue weighted by Gasteiger charge is -2.35. The Morgan fingerprint density at radius 2 is 1.76 bits per heavy atom. The van der Waals surface area contributed by atoms with Crippen LogP contribution in [0.25, 0.3) is 0 Å². The first kappa shape index (κ1) is 32.7. The molecule has 0 saturated carbocycles. The summed E-state index contributed by atoms with van der Waals surface area (Å²) in [5, 5.41) is 6.53. The van der Waals surface area contributed by atoms with Gasteiger partial charge in [-0.25, -0.2) is 17.2 Å². The Hall–Kier alpha value is -3.67. The number of hydrogen-bond donors (Lipinski definition) is 3. The van der Waals surface area contributed by atoms with Crippen molar-refractivity contribution < 1.29 is 22.0 Å². The Balaban J connectivity index is 1.38. The first-order valence-corrected chi connectivity index (χ1v) is 16.5. The first-order valence-electron chi connectivity index (χ1n) is 14.7. The fourth-order valence-electron chi connectivity index (χ4n) is 5.86. The van der Waals surface area contributed by atoms with E-state index in [2.05, 4.69) is 10.6 Å². The summed E-state index contributed by atoms with van der Waals surface area (Å²) in [6, 6.07) is 22.3. The van der Waals surface area contributed by atoms with Crippen LogP contribution in [0.4, 0.5) is 14.5 Å². The molecule has 1 aliphatic heterocycles. The number of amides is 1. The van der Waals surface area contributed by atoms with Crippen LogP contribution >= 0.6 is 11.6 Å². The minimum atomic E-state index is -3.76. The van der Waals surface area contributed by atoms with Gasteiger partial charge >= 0.3 is 0 Å². The SMILES string of the molecule is Cc1cc(F)cc([C@H](c2ccc(Cl)cc2)[C@H](N)C(=O)Nc2cccc(F)c2CC[C@H]2CNCCN2S(=O)(=O)c2ccccc2)c1. The van der Waals surface area contributed by atoms with E-state index in [9.17, 15) is 17.6 Å². The molecule has 3 atom stereocenters. The van der Waals surface area contributed by atoms with Gasteiger partial charge in [-0.1, -0.05) is 54.1 Å². The number of sulfonamides is 1. The Kier molecular flexibility index (Phi) is 10.3. The molecule has 1 aliphatic rings. The van der Waals surface area contributed by atoms with Crippen LogP contribution in [0.1, 0.15) is 34.6 Å². The standard InChI is InChI=1S/C34H35ClF2N4O3S/c1-22-18-24(20-26(36)19-22)32(23-10-12-25(35)13-11-23)33(38)34(42)40-31-9-5-8-30(37)29(31)15-14-27-21-39-16-17-41(27)45(43,44)28-6-3-2-4-7-28/h2-13,18-20,27,32-33,39H,14-17,21,38H2,1H3,(H,40,42)/t27-,32-,33-/m0/s1. The minimum Gasteiger partial charge on any atom is -0.324 e. The van der Waals surface area contributed by atoms with Gasteiger partial charge in [0.15, 0.2) is 0 Å². The number of rotatable bonds is 10. The molecule has 0 unspecified atom stereocenters. The van der Waals surface area contributed by atoms with E-state index < -0.39 is 45.6 Å². The van der Waals surface area contributed by atoms with Crippen molar-refractivity contribution in [2.45, 2.75) is 42.7 Å². The highest BCUT2D eigenvalue weighted by atomic mass is 35.5. The van der Waals surface area contributed by atoms with E-state index in [0.717, 1.165) is 0 Å². The maximum Gasteiger partial charge on any atom is 0.243 e. The number of carbonyl (C=O) groups is 1. The average Bonchev–Trinajstić information content (AvgIpc) is 3.02. The number of benzene rings is 4. The number of carbonyl (C=O) groups excluding carboxylic acids is 1. The Bertz CT molecular complexity index is 1740. The largest absolute Gasteiger partial charge is 0.324 e. The molecule has 0 aromatic heterocycles. The van der Waals surface area contributed by atoms with Gasteiger partial charge in [-0.15, -0.1) is 0 Å². The van der Waals surface area contributed by atoms with E-state index in [4.69, 9.17) is 17.3 Å². The van der Waals surface area contributed by atoms with Crippen molar-refractivity contribution in [2.24, 2.45) is 5.73 Å². The van der Waals surface area contributed by atoms with E-state index in [1.165, 1.54) is 28.6 Å². The molecular weight excluding hydrogens is 618 g/mol. The Labute approximate surface area is 267 Å². The summed E-state index contributed by atoms with van der Waals surface area (Å²) in [6.07, 6.45) is 0.472. The quantitative estimate of drug-likeness (QED) is 0.206. The molecule has 7 nitrogen and oxygen atoms in total. The van der Waals surface area contributed by atoms with Crippen molar-refractivity contribution in [1.82, 2.24) is 9.62 Å². The van der Waals surface area contributed by atoms with Crippen molar-refractivity contribution in [3.8, 4) is 0 Å². The second kappa shape index (κ2) is 14.2. The summed E-state index contributed by atoms with van der Waals surface area (Å²) in [5.74, 6) is -2.29. The molecule has 5 rings (SSSR count). The lowest BCUT2D eigenvalue weighted by Crippen LogP contribution is -2.53. The van der Waals surface area contributed by atoms with Gasteiger partial charge in [-0.2, -0.15) is 4.31 Å². The minimum absolute atomic E-state index is 0.161. The topological polar surface area (TPSA) is 105 Å². The first-order chi connectivity index (χ1) is 21.5. The highest BCUT2D eigenvalue weighted by molar-refractivity contribution is 7.89. The predicted octanol–water partition coefficient (Wildman–Crippen LogP) is 5.62. The van der Waals surface area contributed by atoms with Gasteiger partial charge in [0, 0.05) is 47.9 Å². The van der Waals surface area contributed by atoms with Crippen LogP contribution in [0.5, 0.6) is 0 Å². The number of halogens is 3. The van der Waals surface area contributed by atoms with Crippen molar-refractivity contribution in [2.75, 3.05) is 25.0 Å². The molecule has 0 bridgehead atoms. The number of nitrogens with zero attached hydrogens (tertiary/aromatic N) is 1. The zero-order chi connectivity index (χ0) is 32.1. The molecule has 1 saturated heterocycles. The van der Waals surface area contributed by atoms with Gasteiger partial charge in [0.2, 0.25) is 15.9 Å². The van der Waals surface area contributed by atoms with Gasteiger partial charge in [-0.3, -0.25) is 4.79 Å². The molecule has 1 fully saturated rings. The van der Waals surface area contributed by atoms with Gasteiger partial charge in [0.05, 0.1) is 10.9 Å². The maximum absolute atomic E-state index is 15.3. The molecule has 4 N–H and O–H groups in total. The van der Waals surface area contributed by atoms with E-state index in [0.29, 0.717) is 41.2 Å². The lowest BCUT2D eigenvalue weighted by molar-refractivity contribution is -0.117. The Morgan fingerprint density at radius 1 is 1.02 bits per heavy atom. The summed E-state index contributed by atoms with van der Waals surface area (Å²) in [6.45, 7) is 2.94. The van der Waals surface area contributed by atoms with Crippen molar-refractivity contribution >= 4 is 33.2 Å². The van der Waals surface area contributed by atoms with E-state index in [1.807, 2.05) is 0 Å². The number of anilines is 1. The normalized spacial score (nSPS) is 17.0. The van der Waals surface area contributed by atoms with Crippen LogP contribution in [0.2, 0.25) is 5.02 Å². The molecule has 1 amide bonds. The third-order valence-corrected chi connectivity index (χ3v) is 10.3. The van der Waals surface area contributed by atoms with Gasteiger partial charge in [0.25, 0.3) is 0 Å².